The average Bonchev–Trinajstić information content (AvgIpc) is 3.29. The summed E-state index contributed by atoms with van der Waals surface area (Å²) in [5.41, 5.74) is 1.12. The molecule has 1 aliphatic rings. The summed E-state index contributed by atoms with van der Waals surface area (Å²) >= 11 is 7.65. The van der Waals surface area contributed by atoms with Gasteiger partial charge in [0.1, 0.15) is 11.8 Å². The first-order chi connectivity index (χ1) is 13.5. The summed E-state index contributed by atoms with van der Waals surface area (Å²) in [7, 11) is 1.30. The highest BCUT2D eigenvalue weighted by molar-refractivity contribution is 7.07. The van der Waals surface area contributed by atoms with Gasteiger partial charge in [-0.05, 0) is 30.7 Å². The molecule has 3 heterocycles. The van der Waals surface area contributed by atoms with Gasteiger partial charge >= 0.3 is 5.97 Å². The Bertz CT molecular complexity index is 1270. The number of hydrogen-bond acceptors (Lipinski definition) is 6. The molecule has 2 aromatic heterocycles. The second kappa shape index (κ2) is 7.26. The first-order valence-corrected chi connectivity index (χ1v) is 9.59. The highest BCUT2D eigenvalue weighted by Gasteiger charge is 2.34. The van der Waals surface area contributed by atoms with E-state index in [2.05, 4.69) is 4.99 Å². The van der Waals surface area contributed by atoms with Gasteiger partial charge in [0.05, 0.1) is 29.2 Å². The van der Waals surface area contributed by atoms with E-state index in [1.54, 1.807) is 43.3 Å². The zero-order valence-electron chi connectivity index (χ0n) is 15.0. The van der Waals surface area contributed by atoms with Crippen LogP contribution in [0, 0.1) is 0 Å². The van der Waals surface area contributed by atoms with Crippen LogP contribution in [0.5, 0.6) is 0 Å². The summed E-state index contributed by atoms with van der Waals surface area (Å²) in [6, 6.07) is 9.89. The normalized spacial score (nSPS) is 16.7. The van der Waals surface area contributed by atoms with Gasteiger partial charge in [-0.1, -0.05) is 41.1 Å². The third kappa shape index (κ3) is 3.02. The number of thiazole rings is 1. The van der Waals surface area contributed by atoms with E-state index in [1.807, 2.05) is 6.07 Å². The van der Waals surface area contributed by atoms with Gasteiger partial charge in [0.2, 0.25) is 0 Å². The Kier molecular flexibility index (Phi) is 4.78. The van der Waals surface area contributed by atoms with Crippen LogP contribution in [-0.2, 0) is 9.53 Å². The molecule has 0 fully saturated rings. The van der Waals surface area contributed by atoms with E-state index in [0.717, 1.165) is 0 Å². The van der Waals surface area contributed by atoms with Gasteiger partial charge in [0.15, 0.2) is 4.80 Å². The van der Waals surface area contributed by atoms with Crippen molar-refractivity contribution in [2.75, 3.05) is 7.11 Å². The quantitative estimate of drug-likeness (QED) is 0.617. The van der Waals surface area contributed by atoms with E-state index in [-0.39, 0.29) is 11.1 Å². The molecule has 0 radical (unpaired) electrons. The van der Waals surface area contributed by atoms with Crippen LogP contribution in [0.2, 0.25) is 5.02 Å². The van der Waals surface area contributed by atoms with Crippen LogP contribution in [0.3, 0.4) is 0 Å². The third-order valence-corrected chi connectivity index (χ3v) is 5.77. The second-order valence-corrected chi connectivity index (χ2v) is 7.53. The fraction of sp³-hybridized carbons (Fsp3) is 0.150. The van der Waals surface area contributed by atoms with Gasteiger partial charge in [-0.3, -0.25) is 9.36 Å². The average molecular weight is 415 g/mol. The van der Waals surface area contributed by atoms with Crippen LogP contribution in [0.1, 0.15) is 24.3 Å². The Morgan fingerprint density at radius 1 is 1.32 bits per heavy atom. The molecule has 0 unspecified atom stereocenters. The number of hydrogen-bond donors (Lipinski definition) is 0. The lowest BCUT2D eigenvalue weighted by Crippen LogP contribution is -2.39. The van der Waals surface area contributed by atoms with Crippen LogP contribution >= 0.6 is 22.9 Å². The van der Waals surface area contributed by atoms with Crippen molar-refractivity contribution in [3.63, 3.8) is 0 Å². The Labute approximate surface area is 168 Å². The molecule has 8 heteroatoms. The van der Waals surface area contributed by atoms with E-state index in [9.17, 15) is 9.59 Å². The number of halogens is 1. The lowest BCUT2D eigenvalue weighted by Gasteiger charge is -2.25. The molecule has 4 rings (SSSR count). The van der Waals surface area contributed by atoms with Crippen molar-refractivity contribution >= 4 is 35.0 Å². The number of rotatable bonds is 3. The topological polar surface area (TPSA) is 73.8 Å². The number of allylic oxidation sites excluding steroid dienone is 1. The largest absolute Gasteiger partial charge is 0.466 e. The molecule has 1 aromatic carbocycles. The summed E-state index contributed by atoms with van der Waals surface area (Å²) in [6.45, 7) is 1.72. The van der Waals surface area contributed by atoms with E-state index in [1.165, 1.54) is 29.3 Å². The third-order valence-electron chi connectivity index (χ3n) is 4.44. The van der Waals surface area contributed by atoms with Crippen molar-refractivity contribution in [1.82, 2.24) is 4.57 Å². The summed E-state index contributed by atoms with van der Waals surface area (Å²) < 4.78 is 12.2. The first kappa shape index (κ1) is 18.5. The highest BCUT2D eigenvalue weighted by atomic mass is 35.5. The van der Waals surface area contributed by atoms with Crippen LogP contribution in [0.15, 0.2) is 68.1 Å². The molecule has 0 spiro atoms. The second-order valence-electron chi connectivity index (χ2n) is 6.11. The smallest absolute Gasteiger partial charge is 0.338 e. The van der Waals surface area contributed by atoms with Gasteiger partial charge in [-0.2, -0.15) is 0 Å². The Hall–Kier alpha value is -2.90. The molecule has 0 N–H and O–H groups in total. The molecule has 3 aromatic rings. The minimum Gasteiger partial charge on any atom is -0.466 e. The molecule has 0 aliphatic carbocycles. The van der Waals surface area contributed by atoms with Crippen molar-refractivity contribution in [3.8, 4) is 0 Å². The van der Waals surface area contributed by atoms with E-state index in [0.29, 0.717) is 31.4 Å². The fourth-order valence-corrected chi connectivity index (χ4v) is 4.45. The Balaban J connectivity index is 2.03. The van der Waals surface area contributed by atoms with Crippen LogP contribution in [-0.4, -0.2) is 17.6 Å². The lowest BCUT2D eigenvalue weighted by atomic mass is 9.96. The Morgan fingerprint density at radius 3 is 2.79 bits per heavy atom. The van der Waals surface area contributed by atoms with Crippen molar-refractivity contribution in [1.29, 1.82) is 0 Å². The fourth-order valence-electron chi connectivity index (χ4n) is 3.19. The minimum atomic E-state index is -0.726. The molecule has 0 saturated carbocycles. The molecular formula is C20H15ClN2O4S. The van der Waals surface area contributed by atoms with Crippen molar-refractivity contribution in [3.05, 3.63) is 90.0 Å². The summed E-state index contributed by atoms with van der Waals surface area (Å²) in [5, 5.41) is 0.448. The maximum atomic E-state index is 13.2. The number of furan rings is 1. The number of benzene rings is 1. The molecule has 1 atom stereocenters. The number of esters is 1. The Morgan fingerprint density at radius 2 is 2.11 bits per heavy atom. The predicted molar refractivity (Wildman–Crippen MR) is 106 cm³/mol. The number of carbonyl (C=O) groups is 1. The van der Waals surface area contributed by atoms with Gasteiger partial charge < -0.3 is 9.15 Å². The van der Waals surface area contributed by atoms with Gasteiger partial charge in [-0.25, -0.2) is 9.79 Å². The van der Waals surface area contributed by atoms with Gasteiger partial charge in [0, 0.05) is 11.1 Å². The number of ether oxygens (including phenoxy) is 1. The number of aromatic nitrogens is 1. The summed E-state index contributed by atoms with van der Waals surface area (Å²) in [6.07, 6.45) is 3.19. The number of nitrogens with zero attached hydrogens (tertiary/aromatic N) is 2. The minimum absolute atomic E-state index is 0.279. The standard InChI is InChI=1S/C20H15ClN2O4S/c1-11-16(19(25)26-2)17(13-7-3-4-8-14(13)21)23-18(24)15(28-20(23)22-11)10-12-6-5-9-27-12/h3-10,17H,1-2H3/b15-10+/t17-/m1/s1. The first-order valence-electron chi connectivity index (χ1n) is 8.40. The zero-order valence-corrected chi connectivity index (χ0v) is 16.6. The van der Waals surface area contributed by atoms with E-state index in [4.69, 9.17) is 20.8 Å². The molecule has 28 heavy (non-hydrogen) atoms. The van der Waals surface area contributed by atoms with Crippen LogP contribution in [0.25, 0.3) is 6.08 Å². The van der Waals surface area contributed by atoms with E-state index < -0.39 is 12.0 Å². The SMILES string of the molecule is COC(=O)C1=C(C)N=c2s/c(=C/c3ccco3)c(=O)n2[C@@H]1c1ccccc1Cl. The number of fused-ring (bicyclic) bond motifs is 1. The molecule has 0 saturated heterocycles. The number of methoxy groups -OCH3 is 1. The molecular weight excluding hydrogens is 400 g/mol. The monoisotopic (exact) mass is 414 g/mol. The predicted octanol–water partition coefficient (Wildman–Crippen LogP) is 2.65. The van der Waals surface area contributed by atoms with Crippen molar-refractivity contribution in [2.24, 2.45) is 4.99 Å². The lowest BCUT2D eigenvalue weighted by molar-refractivity contribution is -0.136. The molecule has 0 amide bonds. The molecule has 0 bridgehead atoms. The zero-order chi connectivity index (χ0) is 19.8. The van der Waals surface area contributed by atoms with Gasteiger partial charge in [0.25, 0.3) is 5.56 Å². The molecule has 142 valence electrons. The van der Waals surface area contributed by atoms with Crippen LogP contribution in [0.4, 0.5) is 0 Å². The van der Waals surface area contributed by atoms with E-state index >= 15 is 0 Å². The maximum Gasteiger partial charge on any atom is 0.338 e. The summed E-state index contributed by atoms with van der Waals surface area (Å²) in [4.78, 5) is 30.7. The highest BCUT2D eigenvalue weighted by Crippen LogP contribution is 2.34. The molecule has 6 nitrogen and oxygen atoms in total. The van der Waals surface area contributed by atoms with Crippen LogP contribution < -0.4 is 14.9 Å². The maximum absolute atomic E-state index is 13.2. The van der Waals surface area contributed by atoms with Crippen molar-refractivity contribution in [2.45, 2.75) is 13.0 Å². The van der Waals surface area contributed by atoms with Crippen molar-refractivity contribution < 1.29 is 13.9 Å². The van der Waals surface area contributed by atoms with Gasteiger partial charge in [-0.15, -0.1) is 0 Å². The summed E-state index contributed by atoms with van der Waals surface area (Å²) in [5.74, 6) is 0.00921. The number of carbonyl (C=O) groups excluding carboxylic acids is 1. The molecule has 1 aliphatic heterocycles.